The van der Waals surface area contributed by atoms with Gasteiger partial charge >= 0.3 is 5.97 Å². The Hall–Kier alpha value is -3.52. The van der Waals surface area contributed by atoms with Crippen LogP contribution in [-0.4, -0.2) is 25.9 Å². The Morgan fingerprint density at radius 1 is 1.17 bits per heavy atom. The fraction of sp³-hybridized carbons (Fsp3) is 0.100. The molecule has 2 aromatic heterocycles. The molecule has 4 rings (SSSR count). The first-order valence-corrected chi connectivity index (χ1v) is 8.96. The maximum Gasteiger partial charge on any atom is 0.342 e. The molecule has 0 atom stereocenters. The predicted molar refractivity (Wildman–Crippen MR) is 102 cm³/mol. The molecule has 2 aromatic carbocycles. The summed E-state index contributed by atoms with van der Waals surface area (Å²) in [7, 11) is 0. The summed E-state index contributed by atoms with van der Waals surface area (Å²) >= 11 is 6.11. The Kier molecular flexibility index (Phi) is 5.09. The maximum atomic E-state index is 14.0. The minimum Gasteiger partial charge on any atom is -0.452 e. The first kappa shape index (κ1) is 18.8. The minimum atomic E-state index is -0.636. The number of hydrogen-bond acceptors (Lipinski definition) is 6. The summed E-state index contributed by atoms with van der Waals surface area (Å²) in [6, 6.07) is 13.2. The predicted octanol–water partition coefficient (Wildman–Crippen LogP) is 4.38. The summed E-state index contributed by atoms with van der Waals surface area (Å²) in [6.45, 7) is 1.43. The average molecular weight is 413 g/mol. The second-order valence-electron chi connectivity index (χ2n) is 6.06. The minimum absolute atomic E-state index is 0.118. The van der Waals surface area contributed by atoms with Gasteiger partial charge in [0.25, 0.3) is 5.89 Å². The van der Waals surface area contributed by atoms with Crippen LogP contribution < -0.4 is 0 Å². The van der Waals surface area contributed by atoms with Crippen molar-refractivity contribution < 1.29 is 18.3 Å². The number of rotatable bonds is 5. The molecule has 0 saturated carbocycles. The Morgan fingerprint density at radius 3 is 2.72 bits per heavy atom. The van der Waals surface area contributed by atoms with E-state index in [1.165, 1.54) is 16.9 Å². The van der Waals surface area contributed by atoms with Crippen molar-refractivity contribution in [2.75, 3.05) is 0 Å². The van der Waals surface area contributed by atoms with Crippen molar-refractivity contribution in [1.82, 2.24) is 20.0 Å². The number of benzene rings is 2. The molecule has 4 aromatic rings. The van der Waals surface area contributed by atoms with E-state index < -0.39 is 11.8 Å². The van der Waals surface area contributed by atoms with Crippen LogP contribution in [0, 0.1) is 12.7 Å². The molecule has 0 aliphatic rings. The molecule has 0 spiro atoms. The lowest BCUT2D eigenvalue weighted by molar-refractivity contribution is 0.0437. The van der Waals surface area contributed by atoms with E-state index in [1.807, 2.05) is 0 Å². The van der Waals surface area contributed by atoms with Gasteiger partial charge in [0.15, 0.2) is 6.61 Å². The highest BCUT2D eigenvalue weighted by Gasteiger charge is 2.19. The van der Waals surface area contributed by atoms with Gasteiger partial charge in [-0.2, -0.15) is 5.10 Å². The van der Waals surface area contributed by atoms with Gasteiger partial charge in [-0.15, -0.1) is 10.2 Å². The lowest BCUT2D eigenvalue weighted by atomic mass is 10.2. The first-order valence-electron chi connectivity index (χ1n) is 8.58. The van der Waals surface area contributed by atoms with Crippen LogP contribution in [0.3, 0.4) is 0 Å². The molecule has 0 aliphatic heterocycles. The topological polar surface area (TPSA) is 83.0 Å². The van der Waals surface area contributed by atoms with Crippen molar-refractivity contribution in [2.45, 2.75) is 13.5 Å². The van der Waals surface area contributed by atoms with Gasteiger partial charge < -0.3 is 9.15 Å². The third-order valence-electron chi connectivity index (χ3n) is 4.21. The van der Waals surface area contributed by atoms with Crippen molar-refractivity contribution in [3.8, 4) is 17.1 Å². The second kappa shape index (κ2) is 7.84. The molecule has 7 nitrogen and oxygen atoms in total. The smallest absolute Gasteiger partial charge is 0.342 e. The van der Waals surface area contributed by atoms with Gasteiger partial charge in [0.2, 0.25) is 5.89 Å². The zero-order valence-electron chi connectivity index (χ0n) is 15.2. The van der Waals surface area contributed by atoms with E-state index in [4.69, 9.17) is 20.8 Å². The van der Waals surface area contributed by atoms with Crippen LogP contribution in [0.1, 0.15) is 21.9 Å². The summed E-state index contributed by atoms with van der Waals surface area (Å²) in [4.78, 5) is 12.4. The summed E-state index contributed by atoms with van der Waals surface area (Å²) < 4.78 is 26.1. The average Bonchev–Trinajstić information content (AvgIpc) is 3.34. The highest BCUT2D eigenvalue weighted by Crippen LogP contribution is 2.26. The highest BCUT2D eigenvalue weighted by atomic mass is 35.5. The third kappa shape index (κ3) is 3.74. The Bertz CT molecular complexity index is 1190. The molecule has 29 heavy (non-hydrogen) atoms. The number of halogens is 2. The molecule has 146 valence electrons. The molecule has 0 N–H and O–H groups in total. The SMILES string of the molecule is Cc1c(C(=O)OCc2nnc(-c3ccccc3Cl)o2)cnn1-c1ccccc1F. The van der Waals surface area contributed by atoms with Crippen molar-refractivity contribution >= 4 is 17.6 Å². The molecule has 0 amide bonds. The quantitative estimate of drug-likeness (QED) is 0.452. The summed E-state index contributed by atoms with van der Waals surface area (Å²) in [6.07, 6.45) is 1.33. The van der Waals surface area contributed by atoms with Crippen LogP contribution in [0.25, 0.3) is 17.1 Å². The van der Waals surface area contributed by atoms with E-state index in [1.54, 1.807) is 49.4 Å². The molecule has 0 fully saturated rings. The van der Waals surface area contributed by atoms with Crippen LogP contribution in [0.15, 0.2) is 59.1 Å². The van der Waals surface area contributed by atoms with Crippen molar-refractivity contribution in [1.29, 1.82) is 0 Å². The van der Waals surface area contributed by atoms with Crippen molar-refractivity contribution in [2.24, 2.45) is 0 Å². The van der Waals surface area contributed by atoms with Gasteiger partial charge in [0.1, 0.15) is 17.1 Å². The van der Waals surface area contributed by atoms with Crippen molar-refractivity contribution in [3.63, 3.8) is 0 Å². The number of aromatic nitrogens is 4. The van der Waals surface area contributed by atoms with Crippen LogP contribution in [0.2, 0.25) is 5.02 Å². The van der Waals surface area contributed by atoms with E-state index >= 15 is 0 Å². The molecule has 2 heterocycles. The van der Waals surface area contributed by atoms with Gasteiger partial charge in [-0.3, -0.25) is 0 Å². The monoisotopic (exact) mass is 412 g/mol. The number of hydrogen-bond donors (Lipinski definition) is 0. The van der Waals surface area contributed by atoms with E-state index in [-0.39, 0.29) is 29.6 Å². The summed E-state index contributed by atoms with van der Waals surface area (Å²) in [5.74, 6) is -0.739. The lowest BCUT2D eigenvalue weighted by Crippen LogP contribution is -2.08. The van der Waals surface area contributed by atoms with Crippen LogP contribution in [0.5, 0.6) is 0 Å². The zero-order chi connectivity index (χ0) is 20.4. The Labute approximate surface area is 169 Å². The van der Waals surface area contributed by atoms with Gasteiger partial charge in [-0.25, -0.2) is 13.9 Å². The van der Waals surface area contributed by atoms with Gasteiger partial charge in [-0.1, -0.05) is 35.9 Å². The standard InChI is InChI=1S/C20H14ClFN4O3/c1-12-14(10-23-26(12)17-9-5-4-8-16(17)22)20(27)28-11-18-24-25-19(29-18)13-6-2-3-7-15(13)21/h2-10H,11H2,1H3. The van der Waals surface area contributed by atoms with Crippen LogP contribution >= 0.6 is 11.6 Å². The van der Waals surface area contributed by atoms with E-state index in [0.29, 0.717) is 16.3 Å². The highest BCUT2D eigenvalue weighted by molar-refractivity contribution is 6.33. The normalized spacial score (nSPS) is 10.9. The Balaban J connectivity index is 1.48. The maximum absolute atomic E-state index is 14.0. The number of para-hydroxylation sites is 1. The van der Waals surface area contributed by atoms with E-state index in [0.717, 1.165) is 0 Å². The third-order valence-corrected chi connectivity index (χ3v) is 4.54. The first-order chi connectivity index (χ1) is 14.0. The summed E-state index contributed by atoms with van der Waals surface area (Å²) in [5, 5.41) is 12.3. The van der Waals surface area contributed by atoms with Gasteiger partial charge in [0.05, 0.1) is 22.5 Å². The Morgan fingerprint density at radius 2 is 1.93 bits per heavy atom. The number of esters is 1. The zero-order valence-corrected chi connectivity index (χ0v) is 15.9. The van der Waals surface area contributed by atoms with Crippen LogP contribution in [0.4, 0.5) is 4.39 Å². The van der Waals surface area contributed by atoms with E-state index in [9.17, 15) is 9.18 Å². The molecular formula is C20H14ClFN4O3. The molecule has 0 radical (unpaired) electrons. The molecule has 9 heteroatoms. The van der Waals surface area contributed by atoms with E-state index in [2.05, 4.69) is 15.3 Å². The molecule has 0 aliphatic carbocycles. The lowest BCUT2D eigenvalue weighted by Gasteiger charge is -2.06. The number of ether oxygens (including phenoxy) is 1. The molecule has 0 bridgehead atoms. The number of nitrogens with zero attached hydrogens (tertiary/aromatic N) is 4. The van der Waals surface area contributed by atoms with Gasteiger partial charge in [0, 0.05) is 0 Å². The fourth-order valence-electron chi connectivity index (χ4n) is 2.74. The molecule has 0 saturated heterocycles. The van der Waals surface area contributed by atoms with Crippen LogP contribution in [-0.2, 0) is 11.3 Å². The van der Waals surface area contributed by atoms with Gasteiger partial charge in [-0.05, 0) is 31.2 Å². The number of carbonyl (C=O) groups excluding carboxylic acids is 1. The number of carbonyl (C=O) groups is 1. The molecular weight excluding hydrogens is 399 g/mol. The summed E-state index contributed by atoms with van der Waals surface area (Å²) in [5.41, 5.74) is 1.48. The molecule has 0 unspecified atom stereocenters. The largest absolute Gasteiger partial charge is 0.452 e. The fourth-order valence-corrected chi connectivity index (χ4v) is 2.95. The van der Waals surface area contributed by atoms with Crippen molar-refractivity contribution in [3.05, 3.63) is 82.7 Å². The second-order valence-corrected chi connectivity index (χ2v) is 6.47.